The van der Waals surface area contributed by atoms with E-state index in [9.17, 15) is 5.11 Å². The van der Waals surface area contributed by atoms with Crippen molar-refractivity contribution in [2.24, 2.45) is 0 Å². The van der Waals surface area contributed by atoms with Crippen LogP contribution < -0.4 is 0 Å². The smallest absolute Gasteiger partial charge is 0.403 e. The maximum absolute atomic E-state index is 10.6. The predicted octanol–water partition coefficient (Wildman–Crippen LogP) is 3.51. The summed E-state index contributed by atoms with van der Waals surface area (Å²) in [6.45, 7) is 12.1. The average Bonchev–Trinajstić information content (AvgIpc) is 2.56. The third-order valence-electron chi connectivity index (χ3n) is 4.58. The first kappa shape index (κ1) is 15.6. The Kier molecular flexibility index (Phi) is 4.02. The van der Waals surface area contributed by atoms with Gasteiger partial charge in [0.2, 0.25) is 0 Å². The SMILES string of the molecule is Cc1cccc(C(O)C(C)B2OC(C)(C)C(C)(C)O2)c1. The van der Waals surface area contributed by atoms with Gasteiger partial charge in [0, 0.05) is 5.82 Å². The second-order valence-electron chi connectivity index (χ2n) is 6.84. The van der Waals surface area contributed by atoms with E-state index in [4.69, 9.17) is 9.31 Å². The molecule has 1 heterocycles. The van der Waals surface area contributed by atoms with Gasteiger partial charge in [-0.3, -0.25) is 0 Å². The van der Waals surface area contributed by atoms with E-state index in [2.05, 4.69) is 0 Å². The summed E-state index contributed by atoms with van der Waals surface area (Å²) < 4.78 is 12.0. The Balaban J connectivity index is 2.15. The summed E-state index contributed by atoms with van der Waals surface area (Å²) in [6, 6.07) is 7.94. The van der Waals surface area contributed by atoms with Crippen molar-refractivity contribution in [1.29, 1.82) is 0 Å². The number of aliphatic hydroxyl groups is 1. The molecule has 1 N–H and O–H groups in total. The molecule has 3 nitrogen and oxygen atoms in total. The van der Waals surface area contributed by atoms with E-state index < -0.39 is 13.2 Å². The average molecular weight is 276 g/mol. The molecule has 0 radical (unpaired) electrons. The molecule has 0 amide bonds. The van der Waals surface area contributed by atoms with Gasteiger partial charge in [0.15, 0.2) is 0 Å². The molecule has 1 aromatic carbocycles. The minimum absolute atomic E-state index is 0.127. The molecule has 4 heteroatoms. The fraction of sp³-hybridized carbons (Fsp3) is 0.625. The molecule has 0 aliphatic carbocycles. The minimum atomic E-state index is -0.593. The van der Waals surface area contributed by atoms with Gasteiger partial charge in [0.05, 0.1) is 17.3 Å². The summed E-state index contributed by atoms with van der Waals surface area (Å²) in [6.07, 6.45) is -0.593. The lowest BCUT2D eigenvalue weighted by atomic mass is 9.68. The summed E-state index contributed by atoms with van der Waals surface area (Å²) in [5.41, 5.74) is 1.33. The second kappa shape index (κ2) is 5.17. The van der Waals surface area contributed by atoms with Gasteiger partial charge in [0.1, 0.15) is 0 Å². The van der Waals surface area contributed by atoms with Gasteiger partial charge < -0.3 is 14.4 Å². The molecular weight excluding hydrogens is 251 g/mol. The van der Waals surface area contributed by atoms with Crippen LogP contribution in [0.2, 0.25) is 5.82 Å². The fourth-order valence-electron chi connectivity index (χ4n) is 2.41. The van der Waals surface area contributed by atoms with Crippen LogP contribution in [0.1, 0.15) is 51.8 Å². The molecule has 1 saturated heterocycles. The molecule has 1 aromatic rings. The van der Waals surface area contributed by atoms with Crippen molar-refractivity contribution in [3.05, 3.63) is 35.4 Å². The van der Waals surface area contributed by atoms with Crippen molar-refractivity contribution in [3.63, 3.8) is 0 Å². The van der Waals surface area contributed by atoms with Crippen LogP contribution >= 0.6 is 0 Å². The Bertz CT molecular complexity index is 468. The highest BCUT2D eigenvalue weighted by Crippen LogP contribution is 2.43. The standard InChI is InChI=1S/C16H25BO3/c1-11-8-7-9-13(10-11)14(18)12(2)17-19-15(3,4)16(5,6)20-17/h7-10,12,14,18H,1-6H3. The molecule has 1 fully saturated rings. The first-order valence-electron chi connectivity index (χ1n) is 7.24. The number of hydrogen-bond donors (Lipinski definition) is 1. The van der Waals surface area contributed by atoms with Crippen molar-refractivity contribution in [1.82, 2.24) is 0 Å². The Morgan fingerprint density at radius 2 is 1.65 bits per heavy atom. The number of rotatable bonds is 3. The van der Waals surface area contributed by atoms with Crippen molar-refractivity contribution in [2.45, 2.75) is 64.7 Å². The van der Waals surface area contributed by atoms with Crippen molar-refractivity contribution < 1.29 is 14.4 Å². The van der Waals surface area contributed by atoms with E-state index in [0.29, 0.717) is 0 Å². The van der Waals surface area contributed by atoms with Crippen LogP contribution in [0.4, 0.5) is 0 Å². The number of aliphatic hydroxyl groups excluding tert-OH is 1. The van der Waals surface area contributed by atoms with E-state index in [1.165, 1.54) is 0 Å². The van der Waals surface area contributed by atoms with Gasteiger partial charge in [-0.25, -0.2) is 0 Å². The van der Waals surface area contributed by atoms with Gasteiger partial charge in [-0.1, -0.05) is 36.8 Å². The van der Waals surface area contributed by atoms with Gasteiger partial charge in [0.25, 0.3) is 0 Å². The molecule has 0 aromatic heterocycles. The molecule has 2 rings (SSSR count). The van der Waals surface area contributed by atoms with Crippen LogP contribution in [-0.2, 0) is 9.31 Å². The van der Waals surface area contributed by atoms with Crippen molar-refractivity contribution >= 4 is 7.12 Å². The topological polar surface area (TPSA) is 38.7 Å². The van der Waals surface area contributed by atoms with Crippen LogP contribution in [0.3, 0.4) is 0 Å². The maximum Gasteiger partial charge on any atom is 0.463 e. The van der Waals surface area contributed by atoms with Crippen LogP contribution in [0, 0.1) is 6.92 Å². The van der Waals surface area contributed by atoms with Gasteiger partial charge in [-0.2, -0.15) is 0 Å². The lowest BCUT2D eigenvalue weighted by Crippen LogP contribution is -2.41. The maximum atomic E-state index is 10.6. The lowest BCUT2D eigenvalue weighted by molar-refractivity contribution is 0.00578. The van der Waals surface area contributed by atoms with Gasteiger partial charge >= 0.3 is 7.12 Å². The quantitative estimate of drug-likeness (QED) is 0.858. The highest BCUT2D eigenvalue weighted by molar-refractivity contribution is 6.47. The Morgan fingerprint density at radius 3 is 2.15 bits per heavy atom. The fourth-order valence-corrected chi connectivity index (χ4v) is 2.41. The zero-order chi connectivity index (χ0) is 15.1. The van der Waals surface area contributed by atoms with Crippen LogP contribution in [0.25, 0.3) is 0 Å². The molecule has 1 aliphatic heterocycles. The molecular formula is C16H25BO3. The normalized spacial score (nSPS) is 23.6. The zero-order valence-corrected chi connectivity index (χ0v) is 13.3. The van der Waals surface area contributed by atoms with E-state index in [1.807, 2.05) is 65.8 Å². The summed E-state index contributed by atoms with van der Waals surface area (Å²) in [5, 5.41) is 10.6. The summed E-state index contributed by atoms with van der Waals surface area (Å²) in [4.78, 5) is 0. The first-order valence-corrected chi connectivity index (χ1v) is 7.24. The molecule has 2 unspecified atom stereocenters. The molecule has 20 heavy (non-hydrogen) atoms. The lowest BCUT2D eigenvalue weighted by Gasteiger charge is -2.32. The third kappa shape index (κ3) is 2.78. The van der Waals surface area contributed by atoms with Gasteiger partial charge in [-0.05, 0) is 40.2 Å². The molecule has 2 atom stereocenters. The molecule has 0 bridgehead atoms. The van der Waals surface area contributed by atoms with E-state index >= 15 is 0 Å². The Labute approximate surface area is 122 Å². The summed E-state index contributed by atoms with van der Waals surface area (Å²) in [7, 11) is -0.393. The summed E-state index contributed by atoms with van der Waals surface area (Å²) >= 11 is 0. The van der Waals surface area contributed by atoms with Crippen LogP contribution in [0.15, 0.2) is 24.3 Å². The van der Waals surface area contributed by atoms with E-state index in [0.717, 1.165) is 11.1 Å². The highest BCUT2D eigenvalue weighted by atomic mass is 16.7. The summed E-state index contributed by atoms with van der Waals surface area (Å²) in [5.74, 6) is -0.127. The Hall–Kier alpha value is -0.835. The molecule has 1 aliphatic rings. The number of hydrogen-bond acceptors (Lipinski definition) is 3. The van der Waals surface area contributed by atoms with Gasteiger partial charge in [-0.15, -0.1) is 0 Å². The van der Waals surface area contributed by atoms with Crippen molar-refractivity contribution in [3.8, 4) is 0 Å². The predicted molar refractivity (Wildman–Crippen MR) is 81.6 cm³/mol. The first-order chi connectivity index (χ1) is 9.14. The molecule has 110 valence electrons. The number of aryl methyl sites for hydroxylation is 1. The third-order valence-corrected chi connectivity index (χ3v) is 4.58. The largest absolute Gasteiger partial charge is 0.463 e. The van der Waals surface area contributed by atoms with Crippen LogP contribution in [-0.4, -0.2) is 23.4 Å². The second-order valence-corrected chi connectivity index (χ2v) is 6.84. The van der Waals surface area contributed by atoms with E-state index in [1.54, 1.807) is 0 Å². The number of benzene rings is 1. The minimum Gasteiger partial charge on any atom is -0.403 e. The highest BCUT2D eigenvalue weighted by Gasteiger charge is 2.53. The van der Waals surface area contributed by atoms with E-state index in [-0.39, 0.29) is 17.0 Å². The molecule has 0 spiro atoms. The zero-order valence-electron chi connectivity index (χ0n) is 13.3. The van der Waals surface area contributed by atoms with Crippen LogP contribution in [0.5, 0.6) is 0 Å². The molecule has 0 saturated carbocycles. The monoisotopic (exact) mass is 276 g/mol. The van der Waals surface area contributed by atoms with Crippen molar-refractivity contribution in [2.75, 3.05) is 0 Å². The Morgan fingerprint density at radius 1 is 1.10 bits per heavy atom.